The number of fused-ring (bicyclic) bond motifs is 1. The van der Waals surface area contributed by atoms with Gasteiger partial charge in [0.25, 0.3) is 0 Å². The second kappa shape index (κ2) is 4.45. The third kappa shape index (κ3) is 2.09. The normalized spacial score (nSPS) is 11.2. The van der Waals surface area contributed by atoms with Gasteiger partial charge in [-0.25, -0.2) is 4.68 Å². The zero-order chi connectivity index (χ0) is 12.4. The fraction of sp³-hybridized carbons (Fsp3) is 0.545. The van der Waals surface area contributed by atoms with Crippen LogP contribution < -0.4 is 5.73 Å². The highest BCUT2D eigenvalue weighted by Gasteiger charge is 2.16. The summed E-state index contributed by atoms with van der Waals surface area (Å²) < 4.78 is 1.75. The maximum Gasteiger partial charge on any atom is 0.182 e. The number of aromatic amines is 1. The molecule has 0 bridgehead atoms. The van der Waals surface area contributed by atoms with Gasteiger partial charge in [-0.15, -0.1) is 0 Å². The van der Waals surface area contributed by atoms with Gasteiger partial charge in [0.15, 0.2) is 5.65 Å². The number of nitrogen functional groups attached to an aromatic ring is 1. The number of nitriles is 1. The molecule has 2 heterocycles. The van der Waals surface area contributed by atoms with Gasteiger partial charge in [-0.2, -0.15) is 15.5 Å². The number of hydrogen-bond donors (Lipinski definition) is 2. The van der Waals surface area contributed by atoms with E-state index < -0.39 is 0 Å². The zero-order valence-electron chi connectivity index (χ0n) is 10.1. The molecule has 2 aromatic rings. The smallest absolute Gasteiger partial charge is 0.182 e. The molecule has 0 radical (unpaired) electrons. The first-order valence-corrected chi connectivity index (χ1v) is 5.69. The van der Waals surface area contributed by atoms with Gasteiger partial charge in [0, 0.05) is 0 Å². The number of aromatic nitrogens is 4. The van der Waals surface area contributed by atoms with Gasteiger partial charge in [0.2, 0.25) is 0 Å². The first-order valence-electron chi connectivity index (χ1n) is 5.69. The summed E-state index contributed by atoms with van der Waals surface area (Å²) in [5, 5.41) is 20.9. The van der Waals surface area contributed by atoms with Crippen molar-refractivity contribution in [2.75, 3.05) is 5.73 Å². The average Bonchev–Trinajstić information content (AvgIpc) is 2.78. The van der Waals surface area contributed by atoms with E-state index in [1.54, 1.807) is 4.68 Å². The molecule has 0 aliphatic rings. The van der Waals surface area contributed by atoms with Crippen LogP contribution in [0.5, 0.6) is 0 Å². The number of rotatable bonds is 4. The number of nitrogens with one attached hydrogen (secondary N) is 1. The topological polar surface area (TPSA) is 96.3 Å². The number of H-pyrrole nitrogens is 1. The molecule has 6 nitrogen and oxygen atoms in total. The maximum absolute atomic E-state index is 8.61. The maximum atomic E-state index is 8.61. The molecule has 90 valence electrons. The van der Waals surface area contributed by atoms with Gasteiger partial charge in [0.05, 0.1) is 30.1 Å². The summed E-state index contributed by atoms with van der Waals surface area (Å²) in [6.45, 7) is 4.82. The largest absolute Gasteiger partial charge is 0.383 e. The summed E-state index contributed by atoms with van der Waals surface area (Å²) in [7, 11) is 0. The highest BCUT2D eigenvalue weighted by atomic mass is 15.3. The van der Waals surface area contributed by atoms with E-state index in [4.69, 9.17) is 11.0 Å². The third-order valence-electron chi connectivity index (χ3n) is 2.59. The minimum Gasteiger partial charge on any atom is -0.383 e. The summed E-state index contributed by atoms with van der Waals surface area (Å²) in [5.74, 6) is 1.06. The Bertz CT molecular complexity index is 556. The predicted molar refractivity (Wildman–Crippen MR) is 65.1 cm³/mol. The molecule has 17 heavy (non-hydrogen) atoms. The Morgan fingerprint density at radius 1 is 1.53 bits per heavy atom. The Balaban J connectivity index is 2.45. The zero-order valence-corrected chi connectivity index (χ0v) is 10.1. The van der Waals surface area contributed by atoms with Crippen LogP contribution in [0.1, 0.15) is 26.0 Å². The Morgan fingerprint density at radius 2 is 2.29 bits per heavy atom. The molecule has 0 unspecified atom stereocenters. The van der Waals surface area contributed by atoms with Crippen molar-refractivity contribution in [3.05, 3.63) is 5.69 Å². The van der Waals surface area contributed by atoms with Crippen LogP contribution in [-0.2, 0) is 13.0 Å². The number of aryl methyl sites for hydroxylation is 1. The van der Waals surface area contributed by atoms with Crippen LogP contribution in [0.15, 0.2) is 0 Å². The average molecular weight is 232 g/mol. The molecule has 0 aliphatic heterocycles. The SMILES string of the molecule is CC(C)Cc1nn(CCC#N)c2n[nH]c(N)c12. The Hall–Kier alpha value is -2.03. The number of anilines is 1. The van der Waals surface area contributed by atoms with Crippen molar-refractivity contribution in [2.45, 2.75) is 33.2 Å². The number of nitrogens with two attached hydrogens (primary N) is 1. The molecule has 3 N–H and O–H groups in total. The van der Waals surface area contributed by atoms with E-state index in [0.29, 0.717) is 24.7 Å². The summed E-state index contributed by atoms with van der Waals surface area (Å²) in [6.07, 6.45) is 1.28. The second-order valence-electron chi connectivity index (χ2n) is 4.51. The summed E-state index contributed by atoms with van der Waals surface area (Å²) in [6, 6.07) is 2.11. The Labute approximate surface area is 99.4 Å². The fourth-order valence-corrected chi connectivity index (χ4v) is 1.90. The van der Waals surface area contributed by atoms with Crippen molar-refractivity contribution >= 4 is 16.9 Å². The van der Waals surface area contributed by atoms with Crippen LogP contribution in [0.25, 0.3) is 11.0 Å². The van der Waals surface area contributed by atoms with Crippen molar-refractivity contribution in [3.8, 4) is 6.07 Å². The molecule has 0 fully saturated rings. The molecular weight excluding hydrogens is 216 g/mol. The molecule has 0 aliphatic carbocycles. The molecule has 0 spiro atoms. The van der Waals surface area contributed by atoms with Gasteiger partial charge in [-0.1, -0.05) is 13.8 Å². The van der Waals surface area contributed by atoms with Crippen LogP contribution >= 0.6 is 0 Å². The van der Waals surface area contributed by atoms with Gasteiger partial charge in [-0.3, -0.25) is 5.10 Å². The quantitative estimate of drug-likeness (QED) is 0.833. The van der Waals surface area contributed by atoms with Gasteiger partial charge >= 0.3 is 0 Å². The van der Waals surface area contributed by atoms with Crippen molar-refractivity contribution in [1.29, 1.82) is 5.26 Å². The van der Waals surface area contributed by atoms with Gasteiger partial charge < -0.3 is 5.73 Å². The van der Waals surface area contributed by atoms with Gasteiger partial charge in [0.1, 0.15) is 5.82 Å². The summed E-state index contributed by atoms with van der Waals surface area (Å²) in [4.78, 5) is 0. The van der Waals surface area contributed by atoms with Crippen LogP contribution in [0.4, 0.5) is 5.82 Å². The molecule has 0 amide bonds. The first kappa shape index (κ1) is 11.5. The molecule has 0 aromatic carbocycles. The van der Waals surface area contributed by atoms with Crippen molar-refractivity contribution < 1.29 is 0 Å². The lowest BCUT2D eigenvalue weighted by atomic mass is 10.1. The highest BCUT2D eigenvalue weighted by molar-refractivity contribution is 5.88. The fourth-order valence-electron chi connectivity index (χ4n) is 1.90. The first-order chi connectivity index (χ1) is 8.13. The monoisotopic (exact) mass is 232 g/mol. The van der Waals surface area contributed by atoms with Crippen molar-refractivity contribution in [1.82, 2.24) is 20.0 Å². The molecule has 6 heteroatoms. The van der Waals surface area contributed by atoms with E-state index in [1.165, 1.54) is 0 Å². The third-order valence-corrected chi connectivity index (χ3v) is 2.59. The molecule has 0 saturated carbocycles. The molecule has 0 atom stereocenters. The Kier molecular flexibility index (Phi) is 3.00. The van der Waals surface area contributed by atoms with Crippen LogP contribution in [0.2, 0.25) is 0 Å². The second-order valence-corrected chi connectivity index (χ2v) is 4.51. The standard InChI is InChI=1S/C11H16N6/c1-7(2)6-8-9-10(13)14-15-11(9)17(16-8)5-3-4-12/h7H,3,5-6H2,1-2H3,(H3,13,14,15). The minimum atomic E-state index is 0.421. The van der Waals surface area contributed by atoms with Gasteiger partial charge in [-0.05, 0) is 12.3 Å². The van der Waals surface area contributed by atoms with E-state index in [0.717, 1.165) is 23.1 Å². The summed E-state index contributed by atoms with van der Waals surface area (Å²) in [5.41, 5.74) is 7.56. The van der Waals surface area contributed by atoms with E-state index in [1.807, 2.05) is 0 Å². The van der Waals surface area contributed by atoms with Crippen LogP contribution in [0, 0.1) is 17.2 Å². The van der Waals surface area contributed by atoms with E-state index >= 15 is 0 Å². The molecule has 2 aromatic heterocycles. The number of nitrogens with zero attached hydrogens (tertiary/aromatic N) is 4. The minimum absolute atomic E-state index is 0.421. The predicted octanol–water partition coefficient (Wildman–Crippen LogP) is 1.45. The lowest BCUT2D eigenvalue weighted by Crippen LogP contribution is -2.03. The van der Waals surface area contributed by atoms with Crippen molar-refractivity contribution in [3.63, 3.8) is 0 Å². The molecule has 2 rings (SSSR count). The lowest BCUT2D eigenvalue weighted by molar-refractivity contribution is 0.593. The van der Waals surface area contributed by atoms with E-state index in [-0.39, 0.29) is 0 Å². The van der Waals surface area contributed by atoms with Crippen LogP contribution in [-0.4, -0.2) is 20.0 Å². The molecular formula is C11H16N6. The van der Waals surface area contributed by atoms with Crippen molar-refractivity contribution in [2.24, 2.45) is 5.92 Å². The molecule has 0 saturated heterocycles. The lowest BCUT2D eigenvalue weighted by Gasteiger charge is -2.01. The summed E-state index contributed by atoms with van der Waals surface area (Å²) >= 11 is 0. The van der Waals surface area contributed by atoms with E-state index in [2.05, 4.69) is 35.2 Å². The number of hydrogen-bond acceptors (Lipinski definition) is 4. The van der Waals surface area contributed by atoms with E-state index in [9.17, 15) is 0 Å². The van der Waals surface area contributed by atoms with Crippen LogP contribution in [0.3, 0.4) is 0 Å². The highest BCUT2D eigenvalue weighted by Crippen LogP contribution is 2.24. The Morgan fingerprint density at radius 3 is 2.94 bits per heavy atom.